The van der Waals surface area contributed by atoms with Gasteiger partial charge in [-0.05, 0) is 78.1 Å². The second kappa shape index (κ2) is 7.70. The van der Waals surface area contributed by atoms with E-state index in [-0.39, 0.29) is 5.97 Å². The Bertz CT molecular complexity index is 918. The van der Waals surface area contributed by atoms with E-state index >= 15 is 0 Å². The Kier molecular flexibility index (Phi) is 5.36. The lowest BCUT2D eigenvalue weighted by atomic mass is 9.95. The van der Waals surface area contributed by atoms with Crippen LogP contribution < -0.4 is 9.47 Å². The molecule has 0 atom stereocenters. The van der Waals surface area contributed by atoms with Gasteiger partial charge in [0.1, 0.15) is 17.3 Å². The number of carbonyl (C=O) groups excluding carboxylic acids is 1. The van der Waals surface area contributed by atoms with Gasteiger partial charge < -0.3 is 14.2 Å². The van der Waals surface area contributed by atoms with Crippen LogP contribution in [-0.4, -0.2) is 20.2 Å². The van der Waals surface area contributed by atoms with Crippen LogP contribution in [0.1, 0.15) is 42.0 Å². The molecule has 4 heteroatoms. The van der Waals surface area contributed by atoms with Crippen LogP contribution in [0.2, 0.25) is 0 Å². The number of hydrogen-bond donors (Lipinski definition) is 0. The van der Waals surface area contributed by atoms with Crippen molar-refractivity contribution < 1.29 is 19.0 Å². The van der Waals surface area contributed by atoms with Gasteiger partial charge in [-0.25, -0.2) is 4.79 Å². The Balaban J connectivity index is 1.97. The van der Waals surface area contributed by atoms with E-state index in [1.807, 2.05) is 43.3 Å². The molecule has 1 aliphatic heterocycles. The Hall–Kier alpha value is -3.01. The molecule has 2 aromatic rings. The van der Waals surface area contributed by atoms with Gasteiger partial charge in [0.05, 0.1) is 19.8 Å². The summed E-state index contributed by atoms with van der Waals surface area (Å²) in [7, 11) is 3.30. The van der Waals surface area contributed by atoms with Gasteiger partial charge in [0.15, 0.2) is 0 Å². The van der Waals surface area contributed by atoms with Gasteiger partial charge in [0.25, 0.3) is 0 Å². The highest BCUT2D eigenvalue weighted by Gasteiger charge is 2.22. The molecule has 3 rings (SSSR count). The highest BCUT2D eigenvalue weighted by molar-refractivity contribution is 6.05. The molecule has 140 valence electrons. The molecule has 0 unspecified atom stereocenters. The Labute approximate surface area is 160 Å². The minimum Gasteiger partial charge on any atom is -0.497 e. The summed E-state index contributed by atoms with van der Waals surface area (Å²) in [6.07, 6.45) is 3.66. The summed E-state index contributed by atoms with van der Waals surface area (Å²) in [5.74, 6) is 2.15. The SMILES string of the molecule is COc1ccc(C2=C/C(=C\c3cc(C(C)C)c(OC)cc3C)C(=O)O2)cc1. The minimum atomic E-state index is -0.345. The van der Waals surface area contributed by atoms with Crippen molar-refractivity contribution in [3.8, 4) is 11.5 Å². The maximum absolute atomic E-state index is 12.3. The van der Waals surface area contributed by atoms with Crippen LogP contribution in [-0.2, 0) is 9.53 Å². The zero-order chi connectivity index (χ0) is 19.6. The lowest BCUT2D eigenvalue weighted by molar-refractivity contribution is -0.130. The smallest absolute Gasteiger partial charge is 0.343 e. The summed E-state index contributed by atoms with van der Waals surface area (Å²) in [5, 5.41) is 0. The largest absolute Gasteiger partial charge is 0.497 e. The topological polar surface area (TPSA) is 44.8 Å². The Morgan fingerprint density at radius 2 is 1.74 bits per heavy atom. The number of esters is 1. The summed E-state index contributed by atoms with van der Waals surface area (Å²) in [6.45, 7) is 6.25. The summed E-state index contributed by atoms with van der Waals surface area (Å²) < 4.78 is 16.1. The average Bonchev–Trinajstić information content (AvgIpc) is 3.03. The minimum absolute atomic E-state index is 0.318. The summed E-state index contributed by atoms with van der Waals surface area (Å²) >= 11 is 0. The molecule has 0 aromatic heterocycles. The highest BCUT2D eigenvalue weighted by atomic mass is 16.5. The normalized spacial score (nSPS) is 15.1. The van der Waals surface area contributed by atoms with E-state index in [9.17, 15) is 4.79 Å². The van der Waals surface area contributed by atoms with E-state index in [0.717, 1.165) is 33.8 Å². The number of hydrogen-bond acceptors (Lipinski definition) is 4. The first-order valence-corrected chi connectivity index (χ1v) is 8.91. The number of ether oxygens (including phenoxy) is 3. The van der Waals surface area contributed by atoms with Crippen molar-refractivity contribution in [2.45, 2.75) is 26.7 Å². The molecule has 4 nitrogen and oxygen atoms in total. The molecule has 0 amide bonds. The fraction of sp³-hybridized carbons (Fsp3) is 0.261. The van der Waals surface area contributed by atoms with E-state index in [4.69, 9.17) is 14.2 Å². The molecule has 27 heavy (non-hydrogen) atoms. The predicted octanol–water partition coefficient (Wildman–Crippen LogP) is 5.12. The summed E-state index contributed by atoms with van der Waals surface area (Å²) in [6, 6.07) is 11.5. The van der Waals surface area contributed by atoms with Crippen LogP contribution in [0.5, 0.6) is 11.5 Å². The number of carbonyl (C=O) groups is 1. The van der Waals surface area contributed by atoms with E-state index < -0.39 is 0 Å². The van der Waals surface area contributed by atoms with Gasteiger partial charge in [0.2, 0.25) is 0 Å². The van der Waals surface area contributed by atoms with Gasteiger partial charge in [-0.3, -0.25) is 0 Å². The van der Waals surface area contributed by atoms with Crippen molar-refractivity contribution in [3.05, 3.63) is 70.3 Å². The van der Waals surface area contributed by atoms with Gasteiger partial charge in [-0.1, -0.05) is 13.8 Å². The quantitative estimate of drug-likeness (QED) is 0.546. The molecule has 1 aliphatic rings. The third-order valence-corrected chi connectivity index (χ3v) is 4.65. The monoisotopic (exact) mass is 364 g/mol. The Morgan fingerprint density at radius 3 is 2.33 bits per heavy atom. The molecule has 0 radical (unpaired) electrons. The number of aryl methyl sites for hydroxylation is 1. The maximum Gasteiger partial charge on any atom is 0.343 e. The second-order valence-corrected chi connectivity index (χ2v) is 6.83. The number of methoxy groups -OCH3 is 2. The zero-order valence-electron chi connectivity index (χ0n) is 16.3. The van der Waals surface area contributed by atoms with Gasteiger partial charge in [-0.2, -0.15) is 0 Å². The fourth-order valence-corrected chi connectivity index (χ4v) is 3.05. The molecule has 1 heterocycles. The van der Waals surface area contributed by atoms with Crippen LogP contribution >= 0.6 is 0 Å². The van der Waals surface area contributed by atoms with Crippen molar-refractivity contribution >= 4 is 17.8 Å². The van der Waals surface area contributed by atoms with Crippen molar-refractivity contribution in [1.82, 2.24) is 0 Å². The lowest BCUT2D eigenvalue weighted by Crippen LogP contribution is -1.99. The molecular formula is C23H24O4. The van der Waals surface area contributed by atoms with E-state index in [0.29, 0.717) is 17.3 Å². The number of benzene rings is 2. The second-order valence-electron chi connectivity index (χ2n) is 6.83. The maximum atomic E-state index is 12.3. The lowest BCUT2D eigenvalue weighted by Gasteiger charge is -2.14. The average molecular weight is 364 g/mol. The third kappa shape index (κ3) is 3.90. The molecular weight excluding hydrogens is 340 g/mol. The molecule has 2 aromatic carbocycles. The van der Waals surface area contributed by atoms with Gasteiger partial charge in [0, 0.05) is 5.56 Å². The van der Waals surface area contributed by atoms with Crippen LogP contribution in [0.4, 0.5) is 0 Å². The van der Waals surface area contributed by atoms with Crippen LogP contribution in [0.15, 0.2) is 48.0 Å². The van der Waals surface area contributed by atoms with Crippen molar-refractivity contribution in [3.63, 3.8) is 0 Å². The molecule has 0 aliphatic carbocycles. The molecule has 0 N–H and O–H groups in total. The standard InChI is InChI=1S/C23H24O4/c1-14(2)20-12-17(15(3)10-22(20)26-5)11-18-13-21(27-23(18)24)16-6-8-19(25-4)9-7-16/h6-14H,1-5H3/b18-11+. The van der Waals surface area contributed by atoms with E-state index in [2.05, 4.69) is 19.9 Å². The molecule has 0 bridgehead atoms. The molecule has 0 saturated carbocycles. The van der Waals surface area contributed by atoms with Crippen LogP contribution in [0.25, 0.3) is 11.8 Å². The predicted molar refractivity (Wildman–Crippen MR) is 107 cm³/mol. The first-order valence-electron chi connectivity index (χ1n) is 8.91. The fourth-order valence-electron chi connectivity index (χ4n) is 3.05. The number of cyclic esters (lactones) is 1. The zero-order valence-corrected chi connectivity index (χ0v) is 16.3. The van der Waals surface area contributed by atoms with Gasteiger partial charge in [-0.15, -0.1) is 0 Å². The molecule has 0 fully saturated rings. The van der Waals surface area contributed by atoms with Crippen LogP contribution in [0, 0.1) is 6.92 Å². The molecule has 0 spiro atoms. The van der Waals surface area contributed by atoms with Crippen molar-refractivity contribution in [2.24, 2.45) is 0 Å². The first-order chi connectivity index (χ1) is 12.9. The van der Waals surface area contributed by atoms with E-state index in [1.165, 1.54) is 0 Å². The van der Waals surface area contributed by atoms with Crippen molar-refractivity contribution in [1.29, 1.82) is 0 Å². The van der Waals surface area contributed by atoms with E-state index in [1.54, 1.807) is 20.3 Å². The summed E-state index contributed by atoms with van der Waals surface area (Å²) in [5.41, 5.74) is 4.51. The van der Waals surface area contributed by atoms with Crippen LogP contribution in [0.3, 0.4) is 0 Å². The molecule has 0 saturated heterocycles. The van der Waals surface area contributed by atoms with Gasteiger partial charge >= 0.3 is 5.97 Å². The highest BCUT2D eigenvalue weighted by Crippen LogP contribution is 2.33. The first kappa shape index (κ1) is 18.8. The third-order valence-electron chi connectivity index (χ3n) is 4.65. The number of rotatable bonds is 5. The summed E-state index contributed by atoms with van der Waals surface area (Å²) in [4.78, 5) is 12.3. The Morgan fingerprint density at radius 1 is 1.04 bits per heavy atom. The van der Waals surface area contributed by atoms with Crippen molar-refractivity contribution in [2.75, 3.05) is 14.2 Å².